The van der Waals surface area contributed by atoms with Crippen LogP contribution >= 0.6 is 0 Å². The van der Waals surface area contributed by atoms with Crippen LogP contribution in [0.1, 0.15) is 15.9 Å². The van der Waals surface area contributed by atoms with Gasteiger partial charge in [0.05, 0.1) is 7.11 Å². The molecule has 5 nitrogen and oxygen atoms in total. The molecule has 0 radical (unpaired) electrons. The molecule has 0 aromatic heterocycles. The Hall–Kier alpha value is -3.26. The second-order valence-corrected chi connectivity index (χ2v) is 4.81. The van der Waals surface area contributed by atoms with Gasteiger partial charge in [-0.05, 0) is 30.3 Å². The van der Waals surface area contributed by atoms with Crippen LogP contribution in [0.2, 0.25) is 0 Å². The van der Waals surface area contributed by atoms with Crippen LogP contribution in [0, 0.1) is 11.3 Å². The van der Waals surface area contributed by atoms with Gasteiger partial charge in [0, 0.05) is 11.1 Å². The molecule has 5 heteroatoms. The highest BCUT2D eigenvalue weighted by atomic mass is 16.7. The minimum absolute atomic E-state index is 0.0216. The zero-order valence-corrected chi connectivity index (χ0v) is 12.4. The lowest BCUT2D eigenvalue weighted by atomic mass is 10.0. The van der Waals surface area contributed by atoms with Crippen LogP contribution in [0.4, 0.5) is 0 Å². The maximum absolute atomic E-state index is 12.6. The fourth-order valence-electron chi connectivity index (χ4n) is 2.28. The lowest BCUT2D eigenvalue weighted by Crippen LogP contribution is -2.02. The molecule has 0 fully saturated rings. The average Bonchev–Trinajstić information content (AvgIpc) is 3.07. The number of benzene rings is 2. The van der Waals surface area contributed by atoms with Crippen LogP contribution in [0.3, 0.4) is 0 Å². The zero-order chi connectivity index (χ0) is 16.2. The summed E-state index contributed by atoms with van der Waals surface area (Å²) in [7, 11) is 1.54. The van der Waals surface area contributed by atoms with E-state index in [-0.39, 0.29) is 18.1 Å². The summed E-state index contributed by atoms with van der Waals surface area (Å²) < 4.78 is 15.7. The van der Waals surface area contributed by atoms with Crippen LogP contribution < -0.4 is 14.2 Å². The number of ether oxygens (including phenoxy) is 3. The molecule has 0 aliphatic carbocycles. The van der Waals surface area contributed by atoms with E-state index in [4.69, 9.17) is 14.2 Å². The molecule has 0 saturated carbocycles. The van der Waals surface area contributed by atoms with Crippen molar-refractivity contribution < 1.29 is 19.0 Å². The number of ketones is 1. The number of rotatable bonds is 4. The standard InChI is InChI=1S/C18H13NO4/c1-21-15-5-3-2-4-12(15)8-14(10-19)18(20)13-6-7-16-17(9-13)23-11-22-16/h2-9H,11H2,1H3/b14-8-. The Balaban J connectivity index is 1.96. The predicted octanol–water partition coefficient (Wildman–Crippen LogP) is 3.21. The number of fused-ring (bicyclic) bond motifs is 1. The van der Waals surface area contributed by atoms with E-state index in [1.165, 1.54) is 6.08 Å². The Bertz CT molecular complexity index is 833. The molecule has 1 heterocycles. The summed E-state index contributed by atoms with van der Waals surface area (Å²) in [5.41, 5.74) is 1.06. The number of hydrogen-bond donors (Lipinski definition) is 0. The van der Waals surface area contributed by atoms with E-state index in [2.05, 4.69) is 0 Å². The van der Waals surface area contributed by atoms with Crippen molar-refractivity contribution >= 4 is 11.9 Å². The van der Waals surface area contributed by atoms with E-state index in [0.717, 1.165) is 0 Å². The molecule has 0 saturated heterocycles. The van der Waals surface area contributed by atoms with Gasteiger partial charge >= 0.3 is 0 Å². The summed E-state index contributed by atoms with van der Waals surface area (Å²) in [4.78, 5) is 12.6. The summed E-state index contributed by atoms with van der Waals surface area (Å²) in [5, 5.41) is 9.34. The summed E-state index contributed by atoms with van der Waals surface area (Å²) in [6.45, 7) is 0.134. The highest BCUT2D eigenvalue weighted by Crippen LogP contribution is 2.33. The maximum atomic E-state index is 12.6. The SMILES string of the molecule is COc1ccccc1/C=C(/C#N)C(=O)c1ccc2c(c1)OCO2. The van der Waals surface area contributed by atoms with Crippen molar-refractivity contribution in [2.75, 3.05) is 13.9 Å². The molecule has 0 atom stereocenters. The van der Waals surface area contributed by atoms with Crippen LogP contribution in [0.15, 0.2) is 48.0 Å². The van der Waals surface area contributed by atoms with Crippen molar-refractivity contribution in [2.45, 2.75) is 0 Å². The first kappa shape index (κ1) is 14.7. The fourth-order valence-corrected chi connectivity index (χ4v) is 2.28. The molecule has 23 heavy (non-hydrogen) atoms. The second-order valence-electron chi connectivity index (χ2n) is 4.81. The lowest BCUT2D eigenvalue weighted by Gasteiger charge is -2.05. The smallest absolute Gasteiger partial charge is 0.231 e. The summed E-state index contributed by atoms with van der Waals surface area (Å²) in [6, 6.07) is 14.0. The van der Waals surface area contributed by atoms with E-state index in [1.54, 1.807) is 37.4 Å². The Kier molecular flexibility index (Phi) is 3.98. The van der Waals surface area contributed by atoms with Crippen molar-refractivity contribution in [1.82, 2.24) is 0 Å². The topological polar surface area (TPSA) is 68.5 Å². The van der Waals surface area contributed by atoms with Crippen molar-refractivity contribution in [1.29, 1.82) is 5.26 Å². The molecule has 114 valence electrons. The third-order valence-electron chi connectivity index (χ3n) is 3.44. The summed E-state index contributed by atoms with van der Waals surface area (Å²) in [5.74, 6) is 1.31. The van der Waals surface area contributed by atoms with Gasteiger partial charge in [-0.3, -0.25) is 4.79 Å². The molecule has 0 N–H and O–H groups in total. The normalized spacial score (nSPS) is 12.6. The summed E-state index contributed by atoms with van der Waals surface area (Å²) >= 11 is 0. The van der Waals surface area contributed by atoms with E-state index in [0.29, 0.717) is 28.4 Å². The Labute approximate surface area is 133 Å². The second kappa shape index (κ2) is 6.24. The largest absolute Gasteiger partial charge is 0.496 e. The van der Waals surface area contributed by atoms with E-state index in [1.807, 2.05) is 18.2 Å². The zero-order valence-electron chi connectivity index (χ0n) is 12.4. The van der Waals surface area contributed by atoms with Crippen molar-refractivity contribution in [3.63, 3.8) is 0 Å². The number of allylic oxidation sites excluding steroid dienone is 1. The third-order valence-corrected chi connectivity index (χ3v) is 3.44. The van der Waals surface area contributed by atoms with Gasteiger partial charge in [0.2, 0.25) is 12.6 Å². The maximum Gasteiger partial charge on any atom is 0.231 e. The van der Waals surface area contributed by atoms with Crippen LogP contribution in [0.5, 0.6) is 17.2 Å². The number of hydrogen-bond acceptors (Lipinski definition) is 5. The van der Waals surface area contributed by atoms with Gasteiger partial charge in [-0.1, -0.05) is 18.2 Å². The van der Waals surface area contributed by atoms with Crippen molar-refractivity contribution in [3.8, 4) is 23.3 Å². The minimum atomic E-state index is -0.378. The fraction of sp³-hybridized carbons (Fsp3) is 0.111. The number of methoxy groups -OCH3 is 1. The number of carbonyl (C=O) groups excluding carboxylic acids is 1. The molecule has 1 aliphatic heterocycles. The minimum Gasteiger partial charge on any atom is -0.496 e. The van der Waals surface area contributed by atoms with E-state index < -0.39 is 0 Å². The number of Topliss-reactive ketones (excluding diaryl/α,β-unsaturated/α-hetero) is 1. The quantitative estimate of drug-likeness (QED) is 0.493. The van der Waals surface area contributed by atoms with Crippen LogP contribution in [-0.2, 0) is 0 Å². The molecule has 0 amide bonds. The Morgan fingerprint density at radius 2 is 2.00 bits per heavy atom. The Morgan fingerprint density at radius 3 is 2.78 bits per heavy atom. The van der Waals surface area contributed by atoms with Gasteiger partial charge in [-0.25, -0.2) is 0 Å². The molecule has 0 bridgehead atoms. The molecule has 3 rings (SSSR count). The summed E-state index contributed by atoms with van der Waals surface area (Å²) in [6.07, 6.45) is 1.52. The lowest BCUT2D eigenvalue weighted by molar-refractivity contribution is 0.103. The van der Waals surface area contributed by atoms with Crippen LogP contribution in [0.25, 0.3) is 6.08 Å². The van der Waals surface area contributed by atoms with Crippen molar-refractivity contribution in [2.24, 2.45) is 0 Å². The molecular formula is C18H13NO4. The monoisotopic (exact) mass is 307 g/mol. The highest BCUT2D eigenvalue weighted by Gasteiger charge is 2.19. The first-order valence-electron chi connectivity index (χ1n) is 6.92. The number of nitrogens with zero attached hydrogens (tertiary/aromatic N) is 1. The van der Waals surface area contributed by atoms with Crippen molar-refractivity contribution in [3.05, 3.63) is 59.2 Å². The molecule has 1 aliphatic rings. The van der Waals surface area contributed by atoms with E-state index >= 15 is 0 Å². The first-order valence-corrected chi connectivity index (χ1v) is 6.92. The Morgan fingerprint density at radius 1 is 1.22 bits per heavy atom. The van der Waals surface area contributed by atoms with Gasteiger partial charge in [-0.15, -0.1) is 0 Å². The van der Waals surface area contributed by atoms with E-state index in [9.17, 15) is 10.1 Å². The predicted molar refractivity (Wildman–Crippen MR) is 83.5 cm³/mol. The molecule has 0 spiro atoms. The van der Waals surface area contributed by atoms with Crippen LogP contribution in [-0.4, -0.2) is 19.7 Å². The number of para-hydroxylation sites is 1. The number of nitriles is 1. The van der Waals surface area contributed by atoms with Gasteiger partial charge in [0.1, 0.15) is 17.4 Å². The van der Waals surface area contributed by atoms with Gasteiger partial charge < -0.3 is 14.2 Å². The third kappa shape index (κ3) is 2.87. The van der Waals surface area contributed by atoms with Gasteiger partial charge in [0.15, 0.2) is 11.5 Å². The molecular weight excluding hydrogens is 294 g/mol. The van der Waals surface area contributed by atoms with Gasteiger partial charge in [0.25, 0.3) is 0 Å². The average molecular weight is 307 g/mol. The highest BCUT2D eigenvalue weighted by molar-refractivity contribution is 6.14. The molecule has 2 aromatic rings. The molecule has 2 aromatic carbocycles. The number of carbonyl (C=O) groups is 1. The first-order chi connectivity index (χ1) is 11.2. The molecule has 0 unspecified atom stereocenters. The van der Waals surface area contributed by atoms with Gasteiger partial charge in [-0.2, -0.15) is 5.26 Å².